The number of carbonyl (C=O) groups is 1. The maximum Gasteiger partial charge on any atom is 0.356 e. The van der Waals surface area contributed by atoms with E-state index in [0.29, 0.717) is 18.2 Å². The van der Waals surface area contributed by atoms with Crippen molar-refractivity contribution in [3.63, 3.8) is 0 Å². The zero-order valence-corrected chi connectivity index (χ0v) is 17.1. The van der Waals surface area contributed by atoms with Gasteiger partial charge in [-0.15, -0.1) is 0 Å². The van der Waals surface area contributed by atoms with Crippen molar-refractivity contribution in [1.29, 1.82) is 0 Å². The van der Waals surface area contributed by atoms with Crippen LogP contribution in [0.25, 0.3) is 0 Å². The highest BCUT2D eigenvalue weighted by Crippen LogP contribution is 2.22. The third-order valence-corrected chi connectivity index (χ3v) is 3.90. The molecule has 0 radical (unpaired) electrons. The minimum Gasteiger partial charge on any atom is -0.461 e. The van der Waals surface area contributed by atoms with Crippen LogP contribution in [-0.2, 0) is 11.3 Å². The van der Waals surface area contributed by atoms with Crippen molar-refractivity contribution in [2.75, 3.05) is 26.2 Å². The van der Waals surface area contributed by atoms with Gasteiger partial charge in [0.25, 0.3) is 0 Å². The summed E-state index contributed by atoms with van der Waals surface area (Å²) in [6, 6.07) is 5.60. The summed E-state index contributed by atoms with van der Waals surface area (Å²) in [7, 11) is 0. The standard InChI is InChI=1S/C20H36N3O2/c1-8-21-23(9-2,15-20(5,6)7)13-17-11-10-12-18(22-17)19(24)25-14-16(3)4/h10-12,16,21H,8-9,13-15H2,1-7H3/q+1. The summed E-state index contributed by atoms with van der Waals surface area (Å²) in [4.78, 5) is 16.8. The minimum absolute atomic E-state index is 0.186. The lowest BCUT2D eigenvalue weighted by atomic mass is 9.95. The first kappa shape index (κ1) is 21.6. The number of rotatable bonds is 9. The highest BCUT2D eigenvalue weighted by Gasteiger charge is 2.32. The van der Waals surface area contributed by atoms with Gasteiger partial charge in [-0.05, 0) is 31.9 Å². The van der Waals surface area contributed by atoms with Crippen molar-refractivity contribution in [1.82, 2.24) is 10.4 Å². The molecule has 0 aliphatic heterocycles. The van der Waals surface area contributed by atoms with Gasteiger partial charge in [-0.25, -0.2) is 14.4 Å². The van der Waals surface area contributed by atoms with Crippen LogP contribution in [0, 0.1) is 11.3 Å². The van der Waals surface area contributed by atoms with E-state index in [2.05, 4.69) is 45.0 Å². The third kappa shape index (κ3) is 7.53. The maximum atomic E-state index is 12.2. The zero-order chi connectivity index (χ0) is 19.1. The lowest BCUT2D eigenvalue weighted by molar-refractivity contribution is -0.985. The van der Waals surface area contributed by atoms with E-state index in [9.17, 15) is 4.79 Å². The van der Waals surface area contributed by atoms with Gasteiger partial charge in [0.1, 0.15) is 18.8 Å². The second-order valence-corrected chi connectivity index (χ2v) is 8.36. The first-order chi connectivity index (χ1) is 11.6. The van der Waals surface area contributed by atoms with Crippen LogP contribution in [0.3, 0.4) is 0 Å². The predicted octanol–water partition coefficient (Wildman–Crippen LogP) is 3.80. The van der Waals surface area contributed by atoms with Gasteiger partial charge in [0.15, 0.2) is 0 Å². The molecule has 1 aromatic rings. The van der Waals surface area contributed by atoms with Gasteiger partial charge in [-0.3, -0.25) is 0 Å². The molecule has 0 fully saturated rings. The second-order valence-electron chi connectivity index (χ2n) is 8.36. The number of nitrogens with zero attached hydrogens (tertiary/aromatic N) is 2. The molecule has 0 aliphatic rings. The van der Waals surface area contributed by atoms with Gasteiger partial charge in [0.2, 0.25) is 0 Å². The molecule has 0 bridgehead atoms. The Balaban J connectivity index is 2.98. The fraction of sp³-hybridized carbons (Fsp3) is 0.700. The lowest BCUT2D eigenvalue weighted by Crippen LogP contribution is -2.60. The molecule has 1 N–H and O–H groups in total. The summed E-state index contributed by atoms with van der Waals surface area (Å²) < 4.78 is 6.05. The van der Waals surface area contributed by atoms with Gasteiger partial charge in [-0.1, -0.05) is 40.7 Å². The summed E-state index contributed by atoms with van der Waals surface area (Å²) >= 11 is 0. The third-order valence-electron chi connectivity index (χ3n) is 3.90. The largest absolute Gasteiger partial charge is 0.461 e. The van der Waals surface area contributed by atoms with E-state index >= 15 is 0 Å². The highest BCUT2D eigenvalue weighted by molar-refractivity contribution is 5.87. The minimum atomic E-state index is -0.343. The molecule has 0 spiro atoms. The van der Waals surface area contributed by atoms with E-state index < -0.39 is 0 Å². The molecule has 0 saturated carbocycles. The Morgan fingerprint density at radius 1 is 1.28 bits per heavy atom. The fourth-order valence-corrected chi connectivity index (χ4v) is 3.05. The van der Waals surface area contributed by atoms with Crippen molar-refractivity contribution in [2.24, 2.45) is 11.3 Å². The number of carbonyl (C=O) groups excluding carboxylic acids is 1. The van der Waals surface area contributed by atoms with Crippen LogP contribution in [0.1, 0.15) is 64.6 Å². The van der Waals surface area contributed by atoms with Crippen LogP contribution in [0.5, 0.6) is 0 Å². The molecule has 5 heteroatoms. The van der Waals surface area contributed by atoms with Gasteiger partial charge in [0.05, 0.1) is 18.8 Å². The summed E-state index contributed by atoms with van der Waals surface area (Å²) in [5.41, 5.74) is 5.10. The smallest absolute Gasteiger partial charge is 0.356 e. The van der Waals surface area contributed by atoms with E-state index in [-0.39, 0.29) is 11.4 Å². The molecule has 1 aromatic heterocycles. The van der Waals surface area contributed by atoms with Crippen molar-refractivity contribution in [2.45, 2.75) is 55.0 Å². The Morgan fingerprint density at radius 2 is 1.96 bits per heavy atom. The molecule has 0 aromatic carbocycles. The van der Waals surface area contributed by atoms with Gasteiger partial charge in [0, 0.05) is 12.0 Å². The number of hydrogen-bond acceptors (Lipinski definition) is 4. The van der Waals surface area contributed by atoms with Crippen molar-refractivity contribution >= 4 is 5.97 Å². The predicted molar refractivity (Wildman–Crippen MR) is 102 cm³/mol. The fourth-order valence-electron chi connectivity index (χ4n) is 3.05. The average Bonchev–Trinajstić information content (AvgIpc) is 2.51. The Labute approximate surface area is 153 Å². The second kappa shape index (κ2) is 9.30. The Bertz CT molecular complexity index is 552. The number of quaternary nitrogens is 1. The molecule has 0 amide bonds. The quantitative estimate of drug-likeness (QED) is 0.418. The summed E-state index contributed by atoms with van der Waals surface area (Å²) in [6.45, 7) is 19.1. The average molecular weight is 351 g/mol. The summed E-state index contributed by atoms with van der Waals surface area (Å²) in [5.74, 6) is -0.0264. The molecule has 1 rings (SSSR count). The highest BCUT2D eigenvalue weighted by atomic mass is 16.5. The zero-order valence-electron chi connectivity index (χ0n) is 17.1. The van der Waals surface area contributed by atoms with Crippen LogP contribution in [0.4, 0.5) is 0 Å². The number of pyridine rings is 1. The van der Waals surface area contributed by atoms with Gasteiger partial charge < -0.3 is 4.74 Å². The number of hydrogen-bond donors (Lipinski definition) is 1. The number of nitrogens with one attached hydrogen (secondary N) is 1. The number of ether oxygens (including phenoxy) is 1. The van der Waals surface area contributed by atoms with Crippen LogP contribution in [0.15, 0.2) is 18.2 Å². The number of esters is 1. The Morgan fingerprint density at radius 3 is 2.48 bits per heavy atom. The molecule has 1 unspecified atom stereocenters. The Kier molecular flexibility index (Phi) is 8.03. The van der Waals surface area contributed by atoms with Gasteiger partial charge >= 0.3 is 5.97 Å². The van der Waals surface area contributed by atoms with Crippen LogP contribution >= 0.6 is 0 Å². The maximum absolute atomic E-state index is 12.2. The van der Waals surface area contributed by atoms with E-state index in [4.69, 9.17) is 4.74 Å². The molecular weight excluding hydrogens is 314 g/mol. The molecule has 5 nitrogen and oxygen atoms in total. The molecule has 0 aliphatic carbocycles. The summed E-state index contributed by atoms with van der Waals surface area (Å²) in [5, 5.41) is 0. The molecule has 1 atom stereocenters. The molecular formula is C20H36N3O2+. The molecule has 25 heavy (non-hydrogen) atoms. The van der Waals surface area contributed by atoms with E-state index in [1.54, 1.807) is 6.07 Å². The van der Waals surface area contributed by atoms with E-state index in [1.165, 1.54) is 0 Å². The van der Waals surface area contributed by atoms with Crippen molar-refractivity contribution < 1.29 is 14.1 Å². The molecule has 1 heterocycles. The topological polar surface area (TPSA) is 51.2 Å². The van der Waals surface area contributed by atoms with Crippen LogP contribution in [-0.4, -0.2) is 41.8 Å². The normalized spacial score (nSPS) is 14.4. The van der Waals surface area contributed by atoms with E-state index in [1.807, 2.05) is 26.0 Å². The number of aromatic nitrogens is 1. The van der Waals surface area contributed by atoms with Crippen LogP contribution in [0.2, 0.25) is 0 Å². The monoisotopic (exact) mass is 350 g/mol. The molecule has 142 valence electrons. The van der Waals surface area contributed by atoms with E-state index in [0.717, 1.165) is 36.5 Å². The summed E-state index contributed by atoms with van der Waals surface area (Å²) in [6.07, 6.45) is 0. The first-order valence-corrected chi connectivity index (χ1v) is 9.35. The lowest BCUT2D eigenvalue weighted by Gasteiger charge is -2.41. The Hall–Kier alpha value is -1.46. The van der Waals surface area contributed by atoms with Crippen molar-refractivity contribution in [3.8, 4) is 0 Å². The first-order valence-electron chi connectivity index (χ1n) is 9.35. The van der Waals surface area contributed by atoms with Gasteiger partial charge in [-0.2, -0.15) is 5.43 Å². The van der Waals surface area contributed by atoms with Crippen LogP contribution < -0.4 is 5.43 Å². The SMILES string of the molecule is CCN[N+](CC)(Cc1cccc(C(=O)OCC(C)C)n1)CC(C)(C)C. The molecule has 0 saturated heterocycles. The van der Waals surface area contributed by atoms with Crippen molar-refractivity contribution in [3.05, 3.63) is 29.6 Å².